The van der Waals surface area contributed by atoms with Crippen LogP contribution in [0, 0.1) is 12.7 Å². The van der Waals surface area contributed by atoms with Gasteiger partial charge in [0.1, 0.15) is 11.6 Å². The van der Waals surface area contributed by atoms with Crippen molar-refractivity contribution in [3.8, 4) is 17.0 Å². The molecule has 1 N–H and O–H groups in total. The monoisotopic (exact) mass is 462 g/mol. The number of ether oxygens (including phenoxy) is 1. The van der Waals surface area contributed by atoms with Gasteiger partial charge < -0.3 is 10.1 Å². The van der Waals surface area contributed by atoms with Gasteiger partial charge >= 0.3 is 0 Å². The van der Waals surface area contributed by atoms with Crippen LogP contribution in [0.5, 0.6) is 5.75 Å². The summed E-state index contributed by atoms with van der Waals surface area (Å²) in [5, 5.41) is 3.83. The number of benzene rings is 2. The molecule has 0 fully saturated rings. The summed E-state index contributed by atoms with van der Waals surface area (Å²) in [6.45, 7) is 6.31. The summed E-state index contributed by atoms with van der Waals surface area (Å²) in [5.74, 6) is 0.647. The molecule has 31 heavy (non-hydrogen) atoms. The third-order valence-corrected chi connectivity index (χ3v) is 5.43. The van der Waals surface area contributed by atoms with E-state index in [2.05, 4.69) is 5.32 Å². The summed E-state index contributed by atoms with van der Waals surface area (Å²) in [7, 11) is 0. The number of pyridine rings is 1. The second kappa shape index (κ2) is 10.3. The second-order valence-corrected chi connectivity index (χ2v) is 8.45. The van der Waals surface area contributed by atoms with Gasteiger partial charge in [0, 0.05) is 22.9 Å². The van der Waals surface area contributed by atoms with Crippen LogP contribution in [-0.4, -0.2) is 29.4 Å². The molecule has 0 aliphatic carbocycles. The summed E-state index contributed by atoms with van der Waals surface area (Å²) < 4.78 is 19.5. The Morgan fingerprint density at radius 3 is 2.68 bits per heavy atom. The third-order valence-electron chi connectivity index (χ3n) is 4.87. The van der Waals surface area contributed by atoms with Gasteiger partial charge in [0.25, 0.3) is 0 Å². The molecular weight excluding hydrogens is 438 g/mol. The quantitative estimate of drug-likeness (QED) is 0.326. The van der Waals surface area contributed by atoms with E-state index in [1.165, 1.54) is 12.1 Å². The van der Waals surface area contributed by atoms with E-state index in [9.17, 15) is 9.18 Å². The Bertz CT molecular complexity index is 1100. The van der Waals surface area contributed by atoms with Crippen molar-refractivity contribution < 1.29 is 13.9 Å². The van der Waals surface area contributed by atoms with Crippen LogP contribution in [-0.2, 0) is 11.2 Å². The third kappa shape index (κ3) is 5.66. The van der Waals surface area contributed by atoms with Gasteiger partial charge in [0.05, 0.1) is 29.3 Å². The maximum Gasteiger partial charge on any atom is 0.224 e. The maximum absolute atomic E-state index is 13.7. The Balaban J connectivity index is 2.13. The molecule has 0 aliphatic rings. The number of amides is 1. The van der Waals surface area contributed by atoms with E-state index in [-0.39, 0.29) is 23.4 Å². The van der Waals surface area contributed by atoms with Gasteiger partial charge in [0.15, 0.2) is 0 Å². The number of alkyl halides is 1. The van der Waals surface area contributed by atoms with E-state index < -0.39 is 5.82 Å². The van der Waals surface area contributed by atoms with Gasteiger partial charge in [0.2, 0.25) is 5.91 Å². The maximum atomic E-state index is 13.7. The second-order valence-electron chi connectivity index (χ2n) is 7.66. The highest BCUT2D eigenvalue weighted by Gasteiger charge is 2.18. The Kier molecular flexibility index (Phi) is 7.74. The van der Waals surface area contributed by atoms with Crippen LogP contribution in [0.15, 0.2) is 36.4 Å². The highest BCUT2D eigenvalue weighted by Crippen LogP contribution is 2.33. The van der Waals surface area contributed by atoms with Crippen LogP contribution in [0.3, 0.4) is 0 Å². The van der Waals surface area contributed by atoms with Gasteiger partial charge in [-0.05, 0) is 74.7 Å². The zero-order chi connectivity index (χ0) is 22.5. The molecule has 0 radical (unpaired) electrons. The smallest absolute Gasteiger partial charge is 0.224 e. The van der Waals surface area contributed by atoms with Crippen molar-refractivity contribution in [2.45, 2.75) is 39.7 Å². The lowest BCUT2D eigenvalue weighted by atomic mass is 9.95. The molecule has 0 saturated carbocycles. The number of halogens is 3. The molecule has 0 spiro atoms. The van der Waals surface area contributed by atoms with Crippen LogP contribution in [0.2, 0.25) is 5.02 Å². The first-order chi connectivity index (χ1) is 14.8. The zero-order valence-corrected chi connectivity index (χ0v) is 19.3. The molecule has 1 amide bonds. The normalized spacial score (nSPS) is 11.2. The van der Waals surface area contributed by atoms with Crippen LogP contribution in [0.4, 0.5) is 4.39 Å². The van der Waals surface area contributed by atoms with Crippen LogP contribution >= 0.6 is 23.2 Å². The van der Waals surface area contributed by atoms with Crippen LogP contribution < -0.4 is 10.1 Å². The number of carbonyl (C=O) groups is 1. The lowest BCUT2D eigenvalue weighted by molar-refractivity contribution is -0.120. The molecule has 1 aromatic heterocycles. The van der Waals surface area contributed by atoms with Crippen molar-refractivity contribution in [3.63, 3.8) is 0 Å². The number of hydrogen-bond donors (Lipinski definition) is 1. The summed E-state index contributed by atoms with van der Waals surface area (Å²) in [6, 6.07) is 10.2. The van der Waals surface area contributed by atoms with Gasteiger partial charge in [-0.15, -0.1) is 11.6 Å². The highest BCUT2D eigenvalue weighted by molar-refractivity contribution is 6.31. The summed E-state index contributed by atoms with van der Waals surface area (Å²) in [5.41, 5.74) is 3.71. The van der Waals surface area contributed by atoms with Crippen molar-refractivity contribution >= 4 is 40.0 Å². The molecule has 0 unspecified atom stereocenters. The van der Waals surface area contributed by atoms with Crippen molar-refractivity contribution in [1.82, 2.24) is 10.3 Å². The minimum absolute atomic E-state index is 0.0117. The fraction of sp³-hybridized carbons (Fsp3) is 0.333. The Labute approximate surface area is 191 Å². The van der Waals surface area contributed by atoms with E-state index >= 15 is 0 Å². The molecule has 4 nitrogen and oxygen atoms in total. The number of nitrogens with one attached hydrogen (secondary N) is 1. The van der Waals surface area contributed by atoms with E-state index in [1.807, 2.05) is 39.0 Å². The fourth-order valence-corrected chi connectivity index (χ4v) is 3.70. The van der Waals surface area contributed by atoms with Crippen molar-refractivity contribution in [2.24, 2.45) is 0 Å². The lowest BCUT2D eigenvalue weighted by Crippen LogP contribution is -2.31. The number of nitrogens with zero attached hydrogens (tertiary/aromatic N) is 1. The average molecular weight is 463 g/mol. The number of rotatable bonds is 8. The summed E-state index contributed by atoms with van der Waals surface area (Å²) in [4.78, 5) is 17.4. The molecule has 0 atom stereocenters. The van der Waals surface area contributed by atoms with Gasteiger partial charge in [-0.3, -0.25) is 4.79 Å². The predicted molar refractivity (Wildman–Crippen MR) is 125 cm³/mol. The van der Waals surface area contributed by atoms with Gasteiger partial charge in [-0.1, -0.05) is 11.6 Å². The highest BCUT2D eigenvalue weighted by atomic mass is 35.5. The largest absolute Gasteiger partial charge is 0.494 e. The molecule has 0 bridgehead atoms. The topological polar surface area (TPSA) is 51.2 Å². The van der Waals surface area contributed by atoms with E-state index in [0.29, 0.717) is 23.7 Å². The first-order valence-corrected chi connectivity index (χ1v) is 11.1. The molecule has 2 aromatic carbocycles. The lowest BCUT2D eigenvalue weighted by Gasteiger charge is -2.17. The van der Waals surface area contributed by atoms with Gasteiger partial charge in [-0.2, -0.15) is 0 Å². The Morgan fingerprint density at radius 1 is 1.23 bits per heavy atom. The molecule has 3 rings (SSSR count). The molecular formula is C24H25Cl2FN2O2. The summed E-state index contributed by atoms with van der Waals surface area (Å²) >= 11 is 11.8. The minimum Gasteiger partial charge on any atom is -0.494 e. The van der Waals surface area contributed by atoms with Crippen molar-refractivity contribution in [3.05, 3.63) is 58.4 Å². The summed E-state index contributed by atoms with van der Waals surface area (Å²) in [6.07, 6.45) is 0.899. The Hall–Kier alpha value is -2.37. The molecule has 7 heteroatoms. The SMILES string of the molecule is Cc1c(CC(=O)NC(C)C)c(-c2ccc(F)c(Cl)c2)nc2ccc(OCCCCl)cc12. The van der Waals surface area contributed by atoms with Crippen molar-refractivity contribution in [1.29, 1.82) is 0 Å². The number of hydrogen-bond acceptors (Lipinski definition) is 3. The van der Waals surface area contributed by atoms with Crippen LogP contribution in [0.25, 0.3) is 22.2 Å². The molecule has 164 valence electrons. The zero-order valence-electron chi connectivity index (χ0n) is 17.8. The average Bonchev–Trinajstić information content (AvgIpc) is 2.72. The predicted octanol–water partition coefficient (Wildman–Crippen LogP) is 6.08. The first-order valence-electron chi connectivity index (χ1n) is 10.2. The van der Waals surface area contributed by atoms with E-state index in [1.54, 1.807) is 6.07 Å². The molecule has 3 aromatic rings. The molecule has 0 saturated heterocycles. The number of carbonyl (C=O) groups excluding carboxylic acids is 1. The Morgan fingerprint density at radius 2 is 2.00 bits per heavy atom. The van der Waals surface area contributed by atoms with Crippen molar-refractivity contribution in [2.75, 3.05) is 12.5 Å². The van der Waals surface area contributed by atoms with E-state index in [0.717, 1.165) is 34.2 Å². The number of aryl methyl sites for hydroxylation is 1. The molecule has 1 heterocycles. The molecule has 0 aliphatic heterocycles. The van der Waals surface area contributed by atoms with Crippen LogP contribution in [0.1, 0.15) is 31.4 Å². The fourth-order valence-electron chi connectivity index (χ4n) is 3.41. The minimum atomic E-state index is -0.499. The first kappa shape index (κ1) is 23.3. The standard InChI is InChI=1S/C24H25Cl2FN2O2/c1-14(2)28-23(30)13-19-15(3)18-12-17(31-10-4-9-25)6-8-22(18)29-24(19)16-5-7-21(27)20(26)11-16/h5-8,11-12,14H,4,9-10,13H2,1-3H3,(H,28,30). The number of fused-ring (bicyclic) bond motifs is 1. The van der Waals surface area contributed by atoms with Gasteiger partial charge in [-0.25, -0.2) is 9.37 Å². The van der Waals surface area contributed by atoms with E-state index in [4.69, 9.17) is 32.9 Å². The number of aromatic nitrogens is 1.